The van der Waals surface area contributed by atoms with Gasteiger partial charge in [0.25, 0.3) is 0 Å². The van der Waals surface area contributed by atoms with Crippen LogP contribution in [0.25, 0.3) is 0 Å². The number of hydrogen-bond acceptors (Lipinski definition) is 7. The third kappa shape index (κ3) is 17.4. The summed E-state index contributed by atoms with van der Waals surface area (Å²) in [5.41, 5.74) is 15.3. The Bertz CT molecular complexity index is 766. The Morgan fingerprint density at radius 2 is 1.81 bits per heavy atom. The molecule has 0 bridgehead atoms. The van der Waals surface area contributed by atoms with Gasteiger partial charge in [0.1, 0.15) is 11.8 Å². The molecule has 11 nitrogen and oxygen atoms in total. The highest BCUT2D eigenvalue weighted by Crippen LogP contribution is 2.33. The monoisotopic (exact) mass is 526 g/mol. The summed E-state index contributed by atoms with van der Waals surface area (Å²) in [6.45, 7) is 2.53. The lowest BCUT2D eigenvalue weighted by Crippen LogP contribution is -2.30. The van der Waals surface area contributed by atoms with Gasteiger partial charge in [-0.15, -0.1) is 0 Å². The number of nitrogens with two attached hydrogens (primary N) is 3. The van der Waals surface area contributed by atoms with Crippen molar-refractivity contribution in [2.75, 3.05) is 6.54 Å². The Morgan fingerprint density at radius 3 is 2.41 bits per heavy atom. The van der Waals surface area contributed by atoms with Gasteiger partial charge in [-0.2, -0.15) is 0 Å². The minimum atomic E-state index is -1.00. The van der Waals surface area contributed by atoms with Gasteiger partial charge in [-0.1, -0.05) is 50.5 Å². The van der Waals surface area contributed by atoms with Crippen LogP contribution in [0.1, 0.15) is 77.6 Å². The molecule has 0 unspecified atom stereocenters. The molecular formula is C26H46N4O7. The van der Waals surface area contributed by atoms with Crippen LogP contribution in [0.3, 0.4) is 0 Å². The number of aliphatic hydroxyl groups excluding tert-OH is 2. The van der Waals surface area contributed by atoms with Crippen LogP contribution >= 0.6 is 0 Å². The van der Waals surface area contributed by atoms with E-state index in [9.17, 15) is 24.6 Å². The summed E-state index contributed by atoms with van der Waals surface area (Å²) in [6.07, 6.45) is 13.1. The number of allylic oxidation sites excluding steroid dienone is 3. The Morgan fingerprint density at radius 1 is 1.11 bits per heavy atom. The summed E-state index contributed by atoms with van der Waals surface area (Å²) < 4.78 is 0. The van der Waals surface area contributed by atoms with E-state index in [0.29, 0.717) is 45.1 Å². The molecule has 1 aliphatic rings. The van der Waals surface area contributed by atoms with Crippen LogP contribution in [-0.2, 0) is 14.4 Å². The number of Topliss-reactive ketones (excluding diaryl/α,β-unsaturated/α-hetero) is 1. The first-order valence-corrected chi connectivity index (χ1v) is 13.0. The quantitative estimate of drug-likeness (QED) is 0.0628. The van der Waals surface area contributed by atoms with Crippen LogP contribution in [0.5, 0.6) is 0 Å². The molecule has 5 atom stereocenters. The van der Waals surface area contributed by atoms with Crippen LogP contribution in [0.2, 0.25) is 0 Å². The minimum Gasteiger partial charge on any atom is -0.481 e. The first kappa shape index (κ1) is 34.2. The average molecular weight is 527 g/mol. The molecule has 0 spiro atoms. The molecule has 1 saturated carbocycles. The maximum atomic E-state index is 12.1. The normalized spacial score (nSPS) is 21.0. The number of nitrogens with zero attached hydrogens (tertiary/aromatic N) is 1. The van der Waals surface area contributed by atoms with E-state index in [-0.39, 0.29) is 36.4 Å². The Balaban J connectivity index is 0.000000908. The van der Waals surface area contributed by atoms with Crippen molar-refractivity contribution in [3.05, 3.63) is 24.3 Å². The molecule has 11 heteroatoms. The Labute approximate surface area is 219 Å². The smallest absolute Gasteiger partial charge is 0.320 e. The van der Waals surface area contributed by atoms with Crippen molar-refractivity contribution in [3.63, 3.8) is 0 Å². The van der Waals surface area contributed by atoms with Gasteiger partial charge in [-0.05, 0) is 38.5 Å². The number of carboxylic acid groups (broad SMARTS) is 2. The maximum Gasteiger partial charge on any atom is 0.320 e. The number of rotatable bonds is 17. The molecule has 1 fully saturated rings. The van der Waals surface area contributed by atoms with Crippen molar-refractivity contribution >= 4 is 23.7 Å². The lowest BCUT2D eigenvalue weighted by atomic mass is 9.90. The first-order valence-electron chi connectivity index (χ1n) is 13.0. The van der Waals surface area contributed by atoms with Crippen molar-refractivity contribution in [2.45, 2.75) is 95.8 Å². The molecule has 0 aromatic heterocycles. The van der Waals surface area contributed by atoms with Gasteiger partial charge >= 0.3 is 11.9 Å². The molecule has 0 amide bonds. The number of hydrogen-bond donors (Lipinski definition) is 7. The van der Waals surface area contributed by atoms with Crippen molar-refractivity contribution in [1.29, 1.82) is 0 Å². The molecule has 0 aliphatic heterocycles. The predicted molar refractivity (Wildman–Crippen MR) is 143 cm³/mol. The largest absolute Gasteiger partial charge is 0.481 e. The van der Waals surface area contributed by atoms with E-state index in [1.54, 1.807) is 12.2 Å². The highest BCUT2D eigenvalue weighted by Gasteiger charge is 2.39. The van der Waals surface area contributed by atoms with Crippen molar-refractivity contribution < 1.29 is 34.8 Å². The predicted octanol–water partition coefficient (Wildman–Crippen LogP) is 1.70. The molecular weight excluding hydrogens is 480 g/mol. The Kier molecular flexibility index (Phi) is 18.8. The number of carbonyl (C=O) groups is 3. The lowest BCUT2D eigenvalue weighted by molar-refractivity contribution is -0.139. The van der Waals surface area contributed by atoms with E-state index in [2.05, 4.69) is 11.9 Å². The van der Waals surface area contributed by atoms with Crippen LogP contribution in [0.4, 0.5) is 0 Å². The third-order valence-electron chi connectivity index (χ3n) is 6.00. The second kappa shape index (κ2) is 20.3. The van der Waals surface area contributed by atoms with Gasteiger partial charge in [-0.3, -0.25) is 19.4 Å². The van der Waals surface area contributed by atoms with Gasteiger partial charge in [-0.25, -0.2) is 0 Å². The van der Waals surface area contributed by atoms with Crippen LogP contribution in [0.15, 0.2) is 29.3 Å². The second-order valence-electron chi connectivity index (χ2n) is 9.26. The number of unbranched alkanes of at least 4 members (excludes halogenated alkanes) is 3. The minimum absolute atomic E-state index is 0.0129. The van der Waals surface area contributed by atoms with Gasteiger partial charge < -0.3 is 37.6 Å². The topological polar surface area (TPSA) is 223 Å². The number of aliphatic hydroxyl groups is 2. The van der Waals surface area contributed by atoms with Crippen molar-refractivity contribution in [2.24, 2.45) is 34.0 Å². The highest BCUT2D eigenvalue weighted by molar-refractivity contribution is 5.86. The van der Waals surface area contributed by atoms with E-state index in [0.717, 1.165) is 19.3 Å². The van der Waals surface area contributed by atoms with Gasteiger partial charge in [0.05, 0.1) is 12.2 Å². The second-order valence-corrected chi connectivity index (χ2v) is 9.26. The highest BCUT2D eigenvalue weighted by atomic mass is 16.4. The fourth-order valence-corrected chi connectivity index (χ4v) is 3.86. The molecule has 212 valence electrons. The summed E-state index contributed by atoms with van der Waals surface area (Å²) >= 11 is 0. The fourth-order valence-electron chi connectivity index (χ4n) is 3.86. The lowest BCUT2D eigenvalue weighted by Gasteiger charge is -2.17. The van der Waals surface area contributed by atoms with E-state index in [1.807, 2.05) is 12.2 Å². The molecule has 10 N–H and O–H groups in total. The SMILES string of the molecule is CCCCC[C@H](O)/C=C/[C@H]1C(=O)C[C@H](O)[C@@H]1C/C=C\CCCC(=O)O.NC(N)=NCCC[C@H](N)C(=O)O. The summed E-state index contributed by atoms with van der Waals surface area (Å²) in [6, 6.07) is -0.820. The van der Waals surface area contributed by atoms with Gasteiger partial charge in [0.2, 0.25) is 0 Å². The third-order valence-corrected chi connectivity index (χ3v) is 6.00. The van der Waals surface area contributed by atoms with Crippen LogP contribution < -0.4 is 17.2 Å². The molecule has 0 aromatic carbocycles. The van der Waals surface area contributed by atoms with Crippen LogP contribution in [-0.4, -0.2) is 68.9 Å². The number of carboxylic acids is 2. The van der Waals surface area contributed by atoms with Crippen molar-refractivity contribution in [1.82, 2.24) is 0 Å². The van der Waals surface area contributed by atoms with Crippen molar-refractivity contribution in [3.8, 4) is 0 Å². The van der Waals surface area contributed by atoms with Gasteiger partial charge in [0, 0.05) is 31.2 Å². The number of aliphatic imine (C=N–C) groups is 1. The first-order chi connectivity index (χ1) is 17.5. The van der Waals surface area contributed by atoms with E-state index in [1.165, 1.54) is 0 Å². The molecule has 0 aromatic rings. The fraction of sp³-hybridized carbons (Fsp3) is 0.692. The molecule has 0 saturated heterocycles. The summed E-state index contributed by atoms with van der Waals surface area (Å²) in [5.74, 6) is -2.28. The maximum absolute atomic E-state index is 12.1. The molecule has 1 rings (SSSR count). The number of aliphatic carboxylic acids is 2. The zero-order chi connectivity index (χ0) is 28.2. The zero-order valence-corrected chi connectivity index (χ0v) is 21.9. The molecule has 1 aliphatic carbocycles. The number of carbonyl (C=O) groups excluding carboxylic acids is 1. The van der Waals surface area contributed by atoms with Gasteiger partial charge in [0.15, 0.2) is 5.96 Å². The summed E-state index contributed by atoms with van der Waals surface area (Å²) in [7, 11) is 0. The molecule has 0 radical (unpaired) electrons. The number of guanidine groups is 1. The van der Waals surface area contributed by atoms with E-state index >= 15 is 0 Å². The average Bonchev–Trinajstić information content (AvgIpc) is 3.09. The summed E-state index contributed by atoms with van der Waals surface area (Å²) in [5, 5.41) is 37.1. The Hall–Kier alpha value is -2.76. The van der Waals surface area contributed by atoms with E-state index in [4.69, 9.17) is 27.4 Å². The molecule has 37 heavy (non-hydrogen) atoms. The van der Waals surface area contributed by atoms with Crippen LogP contribution in [0, 0.1) is 11.8 Å². The number of ketones is 1. The van der Waals surface area contributed by atoms with E-state index < -0.39 is 30.2 Å². The molecule has 0 heterocycles. The standard InChI is InChI=1S/C20H32O5.C6H14N4O2/c1-2-3-6-9-15(21)12-13-17-16(18(22)14-19(17)23)10-7-4-5-8-11-20(24)25;7-4(5(11)12)2-1-3-10-6(8)9/h4,7,12-13,15-18,21-22H,2-3,5-6,8-11,14H2,1H3,(H,24,25);4H,1-3,7H2,(H,11,12)(H4,8,9,10)/b7-4-,13-12+;/t15-,16+,17+,18-;4-/m00/s1. The zero-order valence-electron chi connectivity index (χ0n) is 21.9. The summed E-state index contributed by atoms with van der Waals surface area (Å²) in [4.78, 5) is 36.4.